The Morgan fingerprint density at radius 1 is 0.912 bits per heavy atom. The van der Waals surface area contributed by atoms with Gasteiger partial charge in [-0.25, -0.2) is 4.39 Å². The molecule has 2 amide bonds. The van der Waals surface area contributed by atoms with E-state index in [0.29, 0.717) is 11.1 Å². The fourth-order valence-electron chi connectivity index (χ4n) is 4.49. The Balaban J connectivity index is 1.75. The molecule has 1 fully saturated rings. The van der Waals surface area contributed by atoms with E-state index in [0.717, 1.165) is 34.8 Å². The number of carbonyl (C=O) groups excluding carboxylic acids is 2. The van der Waals surface area contributed by atoms with Gasteiger partial charge in [0.25, 0.3) is 5.91 Å². The summed E-state index contributed by atoms with van der Waals surface area (Å²) in [6.07, 6.45) is 5.22. The third-order valence-electron chi connectivity index (χ3n) is 6.26. The summed E-state index contributed by atoms with van der Waals surface area (Å²) in [7, 11) is 0. The average Bonchev–Trinajstić information content (AvgIpc) is 2.86. The highest BCUT2D eigenvalue weighted by molar-refractivity contribution is 14.1. The van der Waals surface area contributed by atoms with Crippen LogP contribution in [-0.4, -0.2) is 22.8 Å². The molecule has 6 heteroatoms. The SMILES string of the molecule is O=C(NC1CCCCC1)C(c1ccc(F)cc1)N(Cc1ccccc1)C(=O)c1ccccc1I. The summed E-state index contributed by atoms with van der Waals surface area (Å²) in [5.41, 5.74) is 2.04. The molecule has 1 aliphatic carbocycles. The van der Waals surface area contributed by atoms with Gasteiger partial charge in [-0.1, -0.05) is 73.9 Å². The van der Waals surface area contributed by atoms with Gasteiger partial charge in [-0.3, -0.25) is 9.59 Å². The highest BCUT2D eigenvalue weighted by Crippen LogP contribution is 2.28. The number of amides is 2. The highest BCUT2D eigenvalue weighted by Gasteiger charge is 2.34. The van der Waals surface area contributed by atoms with Crippen LogP contribution >= 0.6 is 22.6 Å². The van der Waals surface area contributed by atoms with Crippen LogP contribution in [-0.2, 0) is 11.3 Å². The normalized spacial score (nSPS) is 14.9. The second kappa shape index (κ2) is 11.6. The van der Waals surface area contributed by atoms with Crippen LogP contribution in [0.25, 0.3) is 0 Å². The number of halogens is 2. The number of rotatable bonds is 7. The molecule has 4 nitrogen and oxygen atoms in total. The van der Waals surface area contributed by atoms with Crippen molar-refractivity contribution < 1.29 is 14.0 Å². The van der Waals surface area contributed by atoms with Crippen molar-refractivity contribution in [2.45, 2.75) is 50.7 Å². The van der Waals surface area contributed by atoms with Crippen molar-refractivity contribution in [2.75, 3.05) is 0 Å². The fourth-order valence-corrected chi connectivity index (χ4v) is 5.11. The summed E-state index contributed by atoms with van der Waals surface area (Å²) < 4.78 is 14.6. The number of nitrogens with one attached hydrogen (secondary N) is 1. The molecule has 1 aliphatic rings. The molecule has 3 aromatic rings. The van der Waals surface area contributed by atoms with Crippen LogP contribution < -0.4 is 5.32 Å². The molecule has 34 heavy (non-hydrogen) atoms. The van der Waals surface area contributed by atoms with Crippen LogP contribution in [0.1, 0.15) is 59.6 Å². The van der Waals surface area contributed by atoms with E-state index >= 15 is 0 Å². The third kappa shape index (κ3) is 6.03. The number of carbonyl (C=O) groups is 2. The first-order valence-corrected chi connectivity index (χ1v) is 12.8. The number of hydrogen-bond donors (Lipinski definition) is 1. The van der Waals surface area contributed by atoms with E-state index in [4.69, 9.17) is 0 Å². The zero-order valence-electron chi connectivity index (χ0n) is 18.9. The van der Waals surface area contributed by atoms with Gasteiger partial charge in [0.2, 0.25) is 5.91 Å². The lowest BCUT2D eigenvalue weighted by molar-refractivity contribution is -0.127. The Morgan fingerprint density at radius 2 is 1.56 bits per heavy atom. The van der Waals surface area contributed by atoms with Crippen molar-refractivity contribution >= 4 is 34.4 Å². The monoisotopic (exact) mass is 570 g/mol. The Kier molecular flexibility index (Phi) is 8.32. The topological polar surface area (TPSA) is 49.4 Å². The average molecular weight is 570 g/mol. The molecule has 3 aromatic carbocycles. The van der Waals surface area contributed by atoms with Gasteiger partial charge in [-0.2, -0.15) is 0 Å². The summed E-state index contributed by atoms with van der Waals surface area (Å²) in [6.45, 7) is 0.255. The predicted octanol–water partition coefficient (Wildman–Crippen LogP) is 6.26. The molecule has 176 valence electrons. The molecule has 0 heterocycles. The van der Waals surface area contributed by atoms with Crippen LogP contribution in [0.3, 0.4) is 0 Å². The predicted molar refractivity (Wildman–Crippen MR) is 140 cm³/mol. The molecular weight excluding hydrogens is 542 g/mol. The van der Waals surface area contributed by atoms with Crippen LogP contribution in [0.5, 0.6) is 0 Å². The largest absolute Gasteiger partial charge is 0.351 e. The first kappa shape index (κ1) is 24.4. The molecule has 0 aromatic heterocycles. The van der Waals surface area contributed by atoms with E-state index in [2.05, 4.69) is 27.9 Å². The Hall–Kier alpha value is -2.74. The molecule has 1 atom stereocenters. The summed E-state index contributed by atoms with van der Waals surface area (Å²) in [5.74, 6) is -0.843. The smallest absolute Gasteiger partial charge is 0.256 e. The molecule has 1 unspecified atom stereocenters. The van der Waals surface area contributed by atoms with Crippen LogP contribution in [0, 0.1) is 9.39 Å². The van der Waals surface area contributed by atoms with Gasteiger partial charge in [0.1, 0.15) is 11.9 Å². The Bertz CT molecular complexity index is 1110. The van der Waals surface area contributed by atoms with E-state index in [1.165, 1.54) is 18.6 Å². The van der Waals surface area contributed by atoms with E-state index in [9.17, 15) is 14.0 Å². The van der Waals surface area contributed by atoms with Crippen LogP contribution in [0.2, 0.25) is 0 Å². The number of benzene rings is 3. The van der Waals surface area contributed by atoms with Crippen LogP contribution in [0.15, 0.2) is 78.9 Å². The van der Waals surface area contributed by atoms with Gasteiger partial charge in [0, 0.05) is 16.2 Å². The lowest BCUT2D eigenvalue weighted by Crippen LogP contribution is -2.47. The highest BCUT2D eigenvalue weighted by atomic mass is 127. The van der Waals surface area contributed by atoms with Crippen molar-refractivity contribution in [3.05, 3.63) is 105 Å². The molecular formula is C28H28FIN2O2. The van der Waals surface area contributed by atoms with Crippen molar-refractivity contribution in [1.29, 1.82) is 0 Å². The second-order valence-corrected chi connectivity index (χ2v) is 9.86. The van der Waals surface area contributed by atoms with Gasteiger partial charge in [0.05, 0.1) is 5.56 Å². The van der Waals surface area contributed by atoms with E-state index < -0.39 is 6.04 Å². The molecule has 0 spiro atoms. The van der Waals surface area contributed by atoms with E-state index in [1.807, 2.05) is 48.5 Å². The number of hydrogen-bond acceptors (Lipinski definition) is 2. The molecule has 0 aliphatic heterocycles. The van der Waals surface area contributed by atoms with Crippen molar-refractivity contribution in [1.82, 2.24) is 10.2 Å². The third-order valence-corrected chi connectivity index (χ3v) is 7.20. The summed E-state index contributed by atoms with van der Waals surface area (Å²) >= 11 is 2.15. The minimum atomic E-state index is -0.883. The first-order chi connectivity index (χ1) is 16.5. The molecule has 0 saturated heterocycles. The van der Waals surface area contributed by atoms with Crippen molar-refractivity contribution in [3.63, 3.8) is 0 Å². The minimum absolute atomic E-state index is 0.0923. The molecule has 0 bridgehead atoms. The Labute approximate surface area is 213 Å². The van der Waals surface area contributed by atoms with Gasteiger partial charge in [-0.15, -0.1) is 0 Å². The maximum absolute atomic E-state index is 13.9. The number of nitrogens with zero attached hydrogens (tertiary/aromatic N) is 1. The van der Waals surface area contributed by atoms with Crippen molar-refractivity contribution in [3.8, 4) is 0 Å². The van der Waals surface area contributed by atoms with Crippen molar-refractivity contribution in [2.24, 2.45) is 0 Å². The molecule has 1 saturated carbocycles. The van der Waals surface area contributed by atoms with E-state index in [1.54, 1.807) is 23.1 Å². The Morgan fingerprint density at radius 3 is 2.24 bits per heavy atom. The maximum Gasteiger partial charge on any atom is 0.256 e. The summed E-state index contributed by atoms with van der Waals surface area (Å²) in [4.78, 5) is 29.3. The van der Waals surface area contributed by atoms with Gasteiger partial charge in [-0.05, 0) is 70.8 Å². The zero-order valence-corrected chi connectivity index (χ0v) is 21.1. The lowest BCUT2D eigenvalue weighted by Gasteiger charge is -2.34. The maximum atomic E-state index is 13.9. The summed E-state index contributed by atoms with van der Waals surface area (Å²) in [5, 5.41) is 3.19. The standard InChI is InChI=1S/C28H28FIN2O2/c29-22-17-15-21(16-18-22)26(27(33)31-23-11-5-2-6-12-23)32(19-20-9-3-1-4-10-20)28(34)24-13-7-8-14-25(24)30/h1,3-4,7-10,13-18,23,26H,2,5-6,11-12,19H2,(H,31,33). The lowest BCUT2D eigenvalue weighted by atomic mass is 9.94. The molecule has 4 rings (SSSR count). The minimum Gasteiger partial charge on any atom is -0.351 e. The second-order valence-electron chi connectivity index (χ2n) is 8.70. The molecule has 0 radical (unpaired) electrons. The van der Waals surface area contributed by atoms with Crippen LogP contribution in [0.4, 0.5) is 4.39 Å². The van der Waals surface area contributed by atoms with Gasteiger partial charge in [0.15, 0.2) is 0 Å². The first-order valence-electron chi connectivity index (χ1n) is 11.7. The fraction of sp³-hybridized carbons (Fsp3) is 0.286. The van der Waals surface area contributed by atoms with Gasteiger partial charge >= 0.3 is 0 Å². The quantitative estimate of drug-likeness (QED) is 0.341. The summed E-state index contributed by atoms with van der Waals surface area (Å²) in [6, 6.07) is 22.1. The molecule has 1 N–H and O–H groups in total. The van der Waals surface area contributed by atoms with Gasteiger partial charge < -0.3 is 10.2 Å². The van der Waals surface area contributed by atoms with E-state index in [-0.39, 0.29) is 30.2 Å². The zero-order chi connectivity index (χ0) is 23.9.